The van der Waals surface area contributed by atoms with Gasteiger partial charge in [0.25, 0.3) is 0 Å². The van der Waals surface area contributed by atoms with E-state index in [9.17, 15) is 0 Å². The van der Waals surface area contributed by atoms with E-state index < -0.39 is 5.41 Å². The number of nitrogens with zero attached hydrogens (tertiary/aromatic N) is 1. The van der Waals surface area contributed by atoms with E-state index in [1.165, 1.54) is 77.9 Å². The minimum absolute atomic E-state index is 0.143. The highest BCUT2D eigenvalue weighted by Crippen LogP contribution is 2.63. The summed E-state index contributed by atoms with van der Waals surface area (Å²) >= 11 is 0. The molecule has 286 valence electrons. The molecule has 0 aromatic heterocycles. The molecular weight excluding hydrogens is 723 g/mol. The lowest BCUT2D eigenvalue weighted by atomic mass is 9.70. The van der Waals surface area contributed by atoms with Crippen molar-refractivity contribution >= 4 is 22.6 Å². The normalized spacial score (nSPS) is 14.6. The number of fused-ring (bicyclic) bond motifs is 13. The van der Waals surface area contributed by atoms with Gasteiger partial charge < -0.3 is 4.90 Å². The number of benzene rings is 8. The summed E-state index contributed by atoms with van der Waals surface area (Å²) in [4.78, 5) is 2.49. The van der Waals surface area contributed by atoms with Gasteiger partial charge in [-0.2, -0.15) is 0 Å². The van der Waals surface area contributed by atoms with E-state index >= 15 is 0 Å². The van der Waals surface area contributed by atoms with Gasteiger partial charge in [-0.1, -0.05) is 190 Å². The number of rotatable bonds is 7. The standard InChI is InChI=1S/C59H45N/c1-5-18-39(19-6-2)44-22-7-8-23-45(44)40-20-17-21-41(36-40)60(42-32-34-50-46-24-9-13-28-52(46)58(3,4)56(50)37-42)43-33-35-51-49-27-12-16-31-55(49)59(57(51)38-43)53-29-14-10-25-47(53)48-26-11-15-30-54(48)59/h5-38H,1H2,2-4H3/b19-6+,39-18+. The SMILES string of the molecule is C=C/C=C(\C=C\C)c1ccccc1-c1cccc(N(c2ccc3c(c2)C(C)(C)c2ccccc2-3)c2ccc3c(c2)C2(c4ccccc4-c4ccccc42)c2ccccc2-3)c1. The molecule has 3 aliphatic carbocycles. The summed E-state index contributed by atoms with van der Waals surface area (Å²) in [5.41, 5.74) is 23.4. The van der Waals surface area contributed by atoms with Gasteiger partial charge in [-0.25, -0.2) is 0 Å². The molecule has 11 rings (SSSR count). The first-order valence-corrected chi connectivity index (χ1v) is 21.1. The molecule has 0 N–H and O–H groups in total. The van der Waals surface area contributed by atoms with Crippen LogP contribution in [0, 0.1) is 0 Å². The summed E-state index contributed by atoms with van der Waals surface area (Å²) in [7, 11) is 0. The lowest BCUT2D eigenvalue weighted by molar-refractivity contribution is 0.660. The number of allylic oxidation sites excluding steroid dienone is 5. The maximum absolute atomic E-state index is 4.04. The van der Waals surface area contributed by atoms with Gasteiger partial charge in [-0.15, -0.1) is 0 Å². The Labute approximate surface area is 354 Å². The van der Waals surface area contributed by atoms with E-state index in [0.29, 0.717) is 0 Å². The average molecular weight is 768 g/mol. The highest BCUT2D eigenvalue weighted by atomic mass is 15.1. The molecule has 0 saturated carbocycles. The van der Waals surface area contributed by atoms with Gasteiger partial charge >= 0.3 is 0 Å². The quantitative estimate of drug-likeness (QED) is 0.146. The average Bonchev–Trinajstić information content (AvgIpc) is 3.85. The molecule has 0 fully saturated rings. The lowest BCUT2D eigenvalue weighted by Crippen LogP contribution is -2.26. The minimum Gasteiger partial charge on any atom is -0.310 e. The van der Waals surface area contributed by atoms with Crippen LogP contribution in [-0.2, 0) is 10.8 Å². The zero-order chi connectivity index (χ0) is 40.6. The van der Waals surface area contributed by atoms with Crippen LogP contribution < -0.4 is 4.90 Å². The molecule has 60 heavy (non-hydrogen) atoms. The summed E-state index contributed by atoms with van der Waals surface area (Å²) < 4.78 is 0. The summed E-state index contributed by atoms with van der Waals surface area (Å²) in [6.07, 6.45) is 8.23. The van der Waals surface area contributed by atoms with Crippen molar-refractivity contribution in [1.29, 1.82) is 0 Å². The van der Waals surface area contributed by atoms with Gasteiger partial charge in [-0.05, 0) is 132 Å². The third-order valence-corrected chi connectivity index (χ3v) is 13.4. The van der Waals surface area contributed by atoms with E-state index in [4.69, 9.17) is 0 Å². The molecule has 0 atom stereocenters. The zero-order valence-electron chi connectivity index (χ0n) is 34.3. The first-order chi connectivity index (χ1) is 29.4. The second-order valence-corrected chi connectivity index (χ2v) is 16.8. The predicted octanol–water partition coefficient (Wildman–Crippen LogP) is 15.6. The molecule has 0 unspecified atom stereocenters. The van der Waals surface area contributed by atoms with Crippen LogP contribution in [0.5, 0.6) is 0 Å². The van der Waals surface area contributed by atoms with E-state index in [1.807, 2.05) is 6.08 Å². The Hall–Kier alpha value is -7.22. The Balaban J connectivity index is 1.16. The van der Waals surface area contributed by atoms with Gasteiger partial charge in [0, 0.05) is 22.5 Å². The van der Waals surface area contributed by atoms with Crippen molar-refractivity contribution in [3.63, 3.8) is 0 Å². The fourth-order valence-electron chi connectivity index (χ4n) is 10.8. The van der Waals surface area contributed by atoms with Gasteiger partial charge in [-0.3, -0.25) is 0 Å². The van der Waals surface area contributed by atoms with Crippen molar-refractivity contribution in [3.05, 3.63) is 252 Å². The van der Waals surface area contributed by atoms with E-state index in [0.717, 1.165) is 28.2 Å². The maximum atomic E-state index is 4.04. The highest BCUT2D eigenvalue weighted by Gasteiger charge is 2.51. The molecule has 8 aromatic rings. The van der Waals surface area contributed by atoms with Crippen LogP contribution in [0.15, 0.2) is 213 Å². The Bertz CT molecular complexity index is 3050. The van der Waals surface area contributed by atoms with Crippen LogP contribution in [0.1, 0.15) is 59.7 Å². The molecule has 8 aromatic carbocycles. The highest BCUT2D eigenvalue weighted by molar-refractivity contribution is 5.97. The Morgan fingerprint density at radius 1 is 0.450 bits per heavy atom. The number of hydrogen-bond acceptors (Lipinski definition) is 1. The molecule has 1 heteroatoms. The molecule has 0 aliphatic heterocycles. The third kappa shape index (κ3) is 5.05. The topological polar surface area (TPSA) is 3.24 Å². The zero-order valence-corrected chi connectivity index (χ0v) is 34.3. The molecule has 0 amide bonds. The third-order valence-electron chi connectivity index (χ3n) is 13.4. The van der Waals surface area contributed by atoms with Crippen molar-refractivity contribution in [1.82, 2.24) is 0 Å². The molecule has 3 aliphatic rings. The smallest absolute Gasteiger partial charge is 0.0726 e. The lowest BCUT2D eigenvalue weighted by Gasteiger charge is -2.32. The molecule has 0 radical (unpaired) electrons. The molecular formula is C59H45N. The van der Waals surface area contributed by atoms with E-state index in [1.54, 1.807) is 0 Å². The number of anilines is 3. The maximum Gasteiger partial charge on any atom is 0.0726 e. The Kier molecular flexibility index (Phi) is 8.19. The molecule has 0 bridgehead atoms. The van der Waals surface area contributed by atoms with Crippen molar-refractivity contribution in [3.8, 4) is 44.5 Å². The number of hydrogen-bond donors (Lipinski definition) is 0. The fraction of sp³-hybridized carbons (Fsp3) is 0.0847. The second-order valence-electron chi connectivity index (χ2n) is 16.8. The van der Waals surface area contributed by atoms with Gasteiger partial charge in [0.05, 0.1) is 5.41 Å². The van der Waals surface area contributed by atoms with Crippen molar-refractivity contribution < 1.29 is 0 Å². The van der Waals surface area contributed by atoms with E-state index in [2.05, 4.69) is 232 Å². The summed E-state index contributed by atoms with van der Waals surface area (Å²) in [5, 5.41) is 0. The van der Waals surface area contributed by atoms with Gasteiger partial charge in [0.2, 0.25) is 0 Å². The molecule has 0 saturated heterocycles. The van der Waals surface area contributed by atoms with Gasteiger partial charge in [0.1, 0.15) is 0 Å². The van der Waals surface area contributed by atoms with Crippen LogP contribution in [0.25, 0.3) is 50.1 Å². The van der Waals surface area contributed by atoms with E-state index in [-0.39, 0.29) is 5.41 Å². The largest absolute Gasteiger partial charge is 0.310 e. The van der Waals surface area contributed by atoms with Crippen molar-refractivity contribution in [2.24, 2.45) is 0 Å². The summed E-state index contributed by atoms with van der Waals surface area (Å²) in [6, 6.07) is 68.2. The Morgan fingerprint density at radius 3 is 1.50 bits per heavy atom. The van der Waals surface area contributed by atoms with Crippen LogP contribution in [0.4, 0.5) is 17.1 Å². The van der Waals surface area contributed by atoms with Crippen LogP contribution in [0.3, 0.4) is 0 Å². The molecule has 0 heterocycles. The van der Waals surface area contributed by atoms with Crippen LogP contribution in [-0.4, -0.2) is 0 Å². The minimum atomic E-state index is -0.441. The Morgan fingerprint density at radius 2 is 0.917 bits per heavy atom. The predicted molar refractivity (Wildman–Crippen MR) is 253 cm³/mol. The summed E-state index contributed by atoms with van der Waals surface area (Å²) in [6.45, 7) is 10.8. The molecule has 1 spiro atoms. The molecule has 1 nitrogen and oxygen atoms in total. The van der Waals surface area contributed by atoms with Crippen molar-refractivity contribution in [2.45, 2.75) is 31.6 Å². The summed E-state index contributed by atoms with van der Waals surface area (Å²) in [5.74, 6) is 0. The van der Waals surface area contributed by atoms with Gasteiger partial charge in [0.15, 0.2) is 0 Å². The fourth-order valence-corrected chi connectivity index (χ4v) is 10.8. The van der Waals surface area contributed by atoms with Crippen LogP contribution >= 0.6 is 0 Å². The first kappa shape index (κ1) is 35.9. The monoisotopic (exact) mass is 767 g/mol. The second kappa shape index (κ2) is 13.7. The first-order valence-electron chi connectivity index (χ1n) is 21.1. The van der Waals surface area contributed by atoms with Crippen LogP contribution in [0.2, 0.25) is 0 Å². The van der Waals surface area contributed by atoms with Crippen molar-refractivity contribution in [2.75, 3.05) is 4.90 Å².